The summed E-state index contributed by atoms with van der Waals surface area (Å²) in [6, 6.07) is 0. The highest BCUT2D eigenvalue weighted by atomic mass is 35.5. The van der Waals surface area contributed by atoms with E-state index in [9.17, 15) is 0 Å². The molecule has 0 amide bonds. The summed E-state index contributed by atoms with van der Waals surface area (Å²) in [6.45, 7) is 1.85. The van der Waals surface area contributed by atoms with Crippen molar-refractivity contribution in [2.45, 2.75) is 0 Å². The van der Waals surface area contributed by atoms with E-state index >= 15 is 0 Å². The molecule has 1 aromatic rings. The fourth-order valence-corrected chi connectivity index (χ4v) is 1.35. The van der Waals surface area contributed by atoms with Gasteiger partial charge in [0.25, 0.3) is 5.95 Å². The van der Waals surface area contributed by atoms with Gasteiger partial charge in [-0.15, -0.1) is 0 Å². The monoisotopic (exact) mass is 296 g/mol. The number of hydroxylamine groups is 1. The number of hydrogen-bond donors (Lipinski definition) is 0. The lowest BCUT2D eigenvalue weighted by Gasteiger charge is -2.16. The second kappa shape index (κ2) is 8.39. The summed E-state index contributed by atoms with van der Waals surface area (Å²) in [5.41, 5.74) is 0. The third-order valence-corrected chi connectivity index (χ3v) is 2.13. The van der Waals surface area contributed by atoms with Gasteiger partial charge in [0, 0.05) is 14.2 Å². The minimum absolute atomic E-state index is 0.0109. The molecule has 0 aliphatic carbocycles. The maximum Gasteiger partial charge on any atom is 0.255 e. The lowest BCUT2D eigenvalue weighted by atomic mass is 10.7. The van der Waals surface area contributed by atoms with Crippen LogP contribution in [-0.4, -0.2) is 55.5 Å². The van der Waals surface area contributed by atoms with Crippen LogP contribution >= 0.6 is 23.2 Å². The molecule has 0 aliphatic rings. The van der Waals surface area contributed by atoms with Crippen LogP contribution in [0.3, 0.4) is 0 Å². The number of ether oxygens (including phenoxy) is 2. The Kier molecular flexibility index (Phi) is 7.14. The van der Waals surface area contributed by atoms with Gasteiger partial charge in [0.1, 0.15) is 0 Å². The zero-order valence-corrected chi connectivity index (χ0v) is 11.6. The van der Waals surface area contributed by atoms with Crippen molar-refractivity contribution in [3.05, 3.63) is 10.6 Å². The molecule has 0 aliphatic heterocycles. The molecule has 7 nitrogen and oxygen atoms in total. The van der Waals surface area contributed by atoms with Crippen LogP contribution in [0, 0.1) is 0 Å². The zero-order chi connectivity index (χ0) is 13.4. The average Bonchev–Trinajstić information content (AvgIpc) is 2.32. The second-order valence-electron chi connectivity index (χ2n) is 3.11. The Bertz CT molecular complexity index is 349. The molecule has 0 unspecified atom stereocenters. The van der Waals surface area contributed by atoms with Gasteiger partial charge in [-0.3, -0.25) is 4.84 Å². The van der Waals surface area contributed by atoms with E-state index in [2.05, 4.69) is 15.0 Å². The van der Waals surface area contributed by atoms with Crippen LogP contribution in [0.1, 0.15) is 0 Å². The Balaban J connectivity index is 2.29. The third kappa shape index (κ3) is 5.74. The molecule has 0 spiro atoms. The molecule has 0 N–H and O–H groups in total. The van der Waals surface area contributed by atoms with Gasteiger partial charge < -0.3 is 9.47 Å². The highest BCUT2D eigenvalue weighted by molar-refractivity contribution is 6.31. The predicted molar refractivity (Wildman–Crippen MR) is 66.9 cm³/mol. The van der Waals surface area contributed by atoms with Crippen LogP contribution in [0.4, 0.5) is 5.95 Å². The summed E-state index contributed by atoms with van der Waals surface area (Å²) in [7, 11) is 3.25. The fourth-order valence-electron chi connectivity index (χ4n) is 0.992. The Hall–Kier alpha value is -0.730. The van der Waals surface area contributed by atoms with Crippen LogP contribution in [0.2, 0.25) is 10.6 Å². The Morgan fingerprint density at radius 1 is 1.00 bits per heavy atom. The maximum atomic E-state index is 5.65. The number of halogens is 2. The number of nitrogens with zero attached hydrogens (tertiary/aromatic N) is 4. The third-order valence-electron chi connectivity index (χ3n) is 1.80. The first kappa shape index (κ1) is 15.3. The largest absolute Gasteiger partial charge is 0.382 e. The van der Waals surface area contributed by atoms with Crippen molar-refractivity contribution >= 4 is 29.2 Å². The van der Waals surface area contributed by atoms with Crippen LogP contribution in [0.15, 0.2) is 0 Å². The maximum absolute atomic E-state index is 5.65. The summed E-state index contributed by atoms with van der Waals surface area (Å²) < 4.78 is 10.1. The van der Waals surface area contributed by atoms with Gasteiger partial charge >= 0.3 is 0 Å². The Morgan fingerprint density at radius 2 is 1.61 bits per heavy atom. The quantitative estimate of drug-likeness (QED) is 0.527. The summed E-state index contributed by atoms with van der Waals surface area (Å²) in [5.74, 6) is 0.233. The van der Waals surface area contributed by atoms with Crippen LogP contribution in [0.5, 0.6) is 0 Å². The van der Waals surface area contributed by atoms with Crippen molar-refractivity contribution in [2.24, 2.45) is 0 Å². The van der Waals surface area contributed by atoms with Crippen molar-refractivity contribution in [1.82, 2.24) is 15.0 Å². The van der Waals surface area contributed by atoms with Gasteiger partial charge in [0.2, 0.25) is 10.6 Å². The smallest absolute Gasteiger partial charge is 0.255 e. The molecule has 0 bridgehead atoms. The van der Waals surface area contributed by atoms with Crippen LogP contribution in [-0.2, 0) is 14.3 Å². The molecule has 9 heteroatoms. The van der Waals surface area contributed by atoms with Gasteiger partial charge in [-0.25, -0.2) is 5.06 Å². The molecule has 1 heterocycles. The molecule has 0 atom stereocenters. The molecule has 0 radical (unpaired) electrons. The van der Waals surface area contributed by atoms with Gasteiger partial charge in [0.15, 0.2) is 0 Å². The highest BCUT2D eigenvalue weighted by Crippen LogP contribution is 2.12. The molecule has 1 rings (SSSR count). The summed E-state index contributed by atoms with van der Waals surface area (Å²) in [6.07, 6.45) is 0. The van der Waals surface area contributed by atoms with Gasteiger partial charge in [-0.05, 0) is 23.2 Å². The standard InChI is InChI=1S/C9H14Cl2N4O3/c1-15(18-6-5-17-4-3-16-2)9-13-7(10)12-8(11)14-9/h3-6H2,1-2H3. The number of aromatic nitrogens is 3. The van der Waals surface area contributed by atoms with Crippen molar-refractivity contribution in [1.29, 1.82) is 0 Å². The minimum Gasteiger partial charge on any atom is -0.382 e. The van der Waals surface area contributed by atoms with E-state index in [1.807, 2.05) is 0 Å². The number of methoxy groups -OCH3 is 1. The van der Waals surface area contributed by atoms with Crippen LogP contribution < -0.4 is 5.06 Å². The van der Waals surface area contributed by atoms with Crippen molar-refractivity contribution in [2.75, 3.05) is 45.6 Å². The molecule has 0 saturated heterocycles. The Labute approximate surface area is 115 Å². The zero-order valence-electron chi connectivity index (χ0n) is 10.1. The van der Waals surface area contributed by atoms with E-state index in [-0.39, 0.29) is 16.5 Å². The van der Waals surface area contributed by atoms with E-state index < -0.39 is 0 Å². The summed E-state index contributed by atoms with van der Waals surface area (Å²) in [5, 5.41) is 1.37. The van der Waals surface area contributed by atoms with Crippen molar-refractivity contribution in [3.8, 4) is 0 Å². The number of rotatable bonds is 8. The van der Waals surface area contributed by atoms with Gasteiger partial charge in [0.05, 0.1) is 26.4 Å². The summed E-state index contributed by atoms with van der Waals surface area (Å²) in [4.78, 5) is 16.7. The average molecular weight is 297 g/mol. The fraction of sp³-hybridized carbons (Fsp3) is 0.667. The molecule has 1 aromatic heterocycles. The number of hydrogen-bond acceptors (Lipinski definition) is 7. The van der Waals surface area contributed by atoms with E-state index in [0.717, 1.165) is 0 Å². The lowest BCUT2D eigenvalue weighted by Crippen LogP contribution is -2.23. The molecular weight excluding hydrogens is 283 g/mol. The van der Waals surface area contributed by atoms with E-state index in [1.165, 1.54) is 5.06 Å². The molecule has 0 aromatic carbocycles. The molecule has 18 heavy (non-hydrogen) atoms. The van der Waals surface area contributed by atoms with E-state index in [4.69, 9.17) is 37.5 Å². The normalized spacial score (nSPS) is 10.7. The topological polar surface area (TPSA) is 69.6 Å². The van der Waals surface area contributed by atoms with Gasteiger partial charge in [-0.1, -0.05) is 0 Å². The number of anilines is 1. The molecular formula is C9H14Cl2N4O3. The second-order valence-corrected chi connectivity index (χ2v) is 3.79. The van der Waals surface area contributed by atoms with Crippen molar-refractivity contribution < 1.29 is 14.3 Å². The molecule has 0 saturated carbocycles. The van der Waals surface area contributed by atoms with Gasteiger partial charge in [-0.2, -0.15) is 15.0 Å². The first-order valence-electron chi connectivity index (χ1n) is 5.14. The van der Waals surface area contributed by atoms with Crippen LogP contribution in [0.25, 0.3) is 0 Å². The van der Waals surface area contributed by atoms with E-state index in [1.54, 1.807) is 14.2 Å². The predicted octanol–water partition coefficient (Wildman–Crippen LogP) is 1.21. The highest BCUT2D eigenvalue weighted by Gasteiger charge is 2.08. The first-order valence-corrected chi connectivity index (χ1v) is 5.89. The first-order chi connectivity index (χ1) is 8.63. The lowest BCUT2D eigenvalue weighted by molar-refractivity contribution is 0.0197. The molecule has 102 valence electrons. The molecule has 0 fully saturated rings. The minimum atomic E-state index is 0.0109. The Morgan fingerprint density at radius 3 is 2.22 bits per heavy atom. The SMILES string of the molecule is COCCOCCON(C)c1nc(Cl)nc(Cl)n1. The van der Waals surface area contributed by atoms with E-state index in [0.29, 0.717) is 26.4 Å². The van der Waals surface area contributed by atoms with Crippen molar-refractivity contribution in [3.63, 3.8) is 0 Å². The summed E-state index contributed by atoms with van der Waals surface area (Å²) >= 11 is 11.3.